The van der Waals surface area contributed by atoms with Crippen LogP contribution in [-0.2, 0) is 11.8 Å². The number of carbonyl (C=O) groups is 2. The maximum Gasteiger partial charge on any atom is 0.329 e. The van der Waals surface area contributed by atoms with Gasteiger partial charge in [-0.2, -0.15) is 0 Å². The number of nitrogens with one attached hydrogen (secondary N) is 2. The molecule has 2 aromatic rings. The standard InChI is InChI=1S/C14H16N4O5/c1-18-11-8(12(21)17-14(18)23)5-6-9(16-11)13(22)15-7-3-2-4-10(19)20/h5-6H,2-4,7H2,1H3,(H,15,22)(H,19,20)(H,17,21,23). The van der Waals surface area contributed by atoms with Crippen LogP contribution in [0.3, 0.4) is 0 Å². The van der Waals surface area contributed by atoms with Gasteiger partial charge in [0.15, 0.2) is 0 Å². The first-order chi connectivity index (χ1) is 10.9. The van der Waals surface area contributed by atoms with E-state index in [1.54, 1.807) is 0 Å². The quantitative estimate of drug-likeness (QED) is 0.620. The number of unbranched alkanes of at least 4 members (excludes halogenated alkanes) is 1. The molecule has 0 bridgehead atoms. The lowest BCUT2D eigenvalue weighted by Gasteiger charge is -2.06. The van der Waals surface area contributed by atoms with E-state index >= 15 is 0 Å². The van der Waals surface area contributed by atoms with Gasteiger partial charge in [-0.3, -0.25) is 23.9 Å². The molecule has 3 N–H and O–H groups in total. The number of carboxylic acid groups (broad SMARTS) is 1. The van der Waals surface area contributed by atoms with E-state index in [-0.39, 0.29) is 23.1 Å². The zero-order chi connectivity index (χ0) is 17.0. The Balaban J connectivity index is 2.13. The first-order valence-corrected chi connectivity index (χ1v) is 7.00. The molecule has 0 saturated heterocycles. The summed E-state index contributed by atoms with van der Waals surface area (Å²) in [5, 5.41) is 11.3. The smallest absolute Gasteiger partial charge is 0.329 e. The molecule has 0 spiro atoms. The molecule has 0 aliphatic carbocycles. The van der Waals surface area contributed by atoms with Gasteiger partial charge in [0, 0.05) is 20.0 Å². The van der Waals surface area contributed by atoms with E-state index in [2.05, 4.69) is 15.3 Å². The van der Waals surface area contributed by atoms with Crippen LogP contribution < -0.4 is 16.6 Å². The molecule has 0 saturated carbocycles. The first kappa shape index (κ1) is 16.4. The number of hydrogen-bond donors (Lipinski definition) is 3. The summed E-state index contributed by atoms with van der Waals surface area (Å²) in [5.74, 6) is -1.33. The molecule has 23 heavy (non-hydrogen) atoms. The monoisotopic (exact) mass is 320 g/mol. The number of aromatic nitrogens is 3. The lowest BCUT2D eigenvalue weighted by Crippen LogP contribution is -2.30. The van der Waals surface area contributed by atoms with E-state index in [0.717, 1.165) is 4.57 Å². The summed E-state index contributed by atoms with van der Waals surface area (Å²) >= 11 is 0. The highest BCUT2D eigenvalue weighted by atomic mass is 16.4. The number of aliphatic carboxylic acids is 1. The van der Waals surface area contributed by atoms with Crippen LogP contribution in [0.25, 0.3) is 11.0 Å². The maximum absolute atomic E-state index is 12.0. The van der Waals surface area contributed by atoms with Crippen molar-refractivity contribution in [2.45, 2.75) is 19.3 Å². The Kier molecular flexibility index (Phi) is 4.89. The second-order valence-electron chi connectivity index (χ2n) is 4.99. The Bertz CT molecular complexity index is 868. The SMILES string of the molecule is Cn1c(=O)[nH]c(=O)c2ccc(C(=O)NCCCCC(=O)O)nc21. The molecular formula is C14H16N4O5. The highest BCUT2D eigenvalue weighted by molar-refractivity contribution is 5.94. The van der Waals surface area contributed by atoms with Gasteiger partial charge in [-0.1, -0.05) is 0 Å². The Labute approximate surface area is 130 Å². The van der Waals surface area contributed by atoms with Gasteiger partial charge in [-0.15, -0.1) is 0 Å². The molecule has 2 rings (SSSR count). The zero-order valence-electron chi connectivity index (χ0n) is 12.5. The first-order valence-electron chi connectivity index (χ1n) is 7.00. The number of hydrogen-bond acceptors (Lipinski definition) is 5. The average Bonchev–Trinajstić information content (AvgIpc) is 2.51. The fourth-order valence-corrected chi connectivity index (χ4v) is 2.05. The van der Waals surface area contributed by atoms with Crippen molar-refractivity contribution in [3.63, 3.8) is 0 Å². The molecule has 0 aliphatic rings. The molecule has 9 nitrogen and oxygen atoms in total. The third-order valence-electron chi connectivity index (χ3n) is 3.30. The molecule has 9 heteroatoms. The zero-order valence-corrected chi connectivity index (χ0v) is 12.5. The van der Waals surface area contributed by atoms with Crippen LogP contribution in [0, 0.1) is 0 Å². The van der Waals surface area contributed by atoms with E-state index in [9.17, 15) is 19.2 Å². The number of aromatic amines is 1. The molecule has 1 amide bonds. The molecule has 0 radical (unpaired) electrons. The van der Waals surface area contributed by atoms with Crippen LogP contribution in [0.4, 0.5) is 0 Å². The number of rotatable bonds is 6. The minimum Gasteiger partial charge on any atom is -0.481 e. The summed E-state index contributed by atoms with van der Waals surface area (Å²) in [5.41, 5.74) is -0.967. The fraction of sp³-hybridized carbons (Fsp3) is 0.357. The van der Waals surface area contributed by atoms with Gasteiger partial charge < -0.3 is 10.4 Å². The van der Waals surface area contributed by atoms with Crippen LogP contribution >= 0.6 is 0 Å². The van der Waals surface area contributed by atoms with Crippen molar-refractivity contribution in [3.05, 3.63) is 38.7 Å². The number of aryl methyl sites for hydroxylation is 1. The van der Waals surface area contributed by atoms with Crippen LogP contribution in [0.15, 0.2) is 21.7 Å². The number of nitrogens with zero attached hydrogens (tertiary/aromatic N) is 2. The van der Waals surface area contributed by atoms with Gasteiger partial charge in [0.2, 0.25) is 0 Å². The minimum absolute atomic E-state index is 0.0506. The Morgan fingerprint density at radius 2 is 2.04 bits per heavy atom. The van der Waals surface area contributed by atoms with Crippen molar-refractivity contribution in [1.82, 2.24) is 19.9 Å². The molecule has 2 heterocycles. The second-order valence-corrected chi connectivity index (χ2v) is 4.99. The van der Waals surface area contributed by atoms with Gasteiger partial charge >= 0.3 is 11.7 Å². The van der Waals surface area contributed by atoms with Crippen molar-refractivity contribution in [2.24, 2.45) is 7.05 Å². The molecule has 2 aromatic heterocycles. The largest absolute Gasteiger partial charge is 0.481 e. The topological polar surface area (TPSA) is 134 Å². The Morgan fingerprint density at radius 3 is 2.74 bits per heavy atom. The van der Waals surface area contributed by atoms with Crippen molar-refractivity contribution in [3.8, 4) is 0 Å². The molecule has 0 aromatic carbocycles. The van der Waals surface area contributed by atoms with Crippen LogP contribution in [0.2, 0.25) is 0 Å². The molecule has 0 fully saturated rings. The van der Waals surface area contributed by atoms with Crippen LogP contribution in [0.5, 0.6) is 0 Å². The third-order valence-corrected chi connectivity index (χ3v) is 3.30. The van der Waals surface area contributed by atoms with E-state index in [1.807, 2.05) is 0 Å². The van der Waals surface area contributed by atoms with Gasteiger partial charge in [0.05, 0.1) is 5.39 Å². The molecule has 0 unspecified atom stereocenters. The fourth-order valence-electron chi connectivity index (χ4n) is 2.05. The molecule has 0 atom stereocenters. The maximum atomic E-state index is 12.0. The summed E-state index contributed by atoms with van der Waals surface area (Å²) in [6.07, 6.45) is 1.05. The number of H-pyrrole nitrogens is 1. The lowest BCUT2D eigenvalue weighted by atomic mass is 10.2. The van der Waals surface area contributed by atoms with Gasteiger partial charge in [-0.25, -0.2) is 9.78 Å². The van der Waals surface area contributed by atoms with E-state index in [0.29, 0.717) is 19.4 Å². The van der Waals surface area contributed by atoms with Crippen LogP contribution in [0.1, 0.15) is 29.8 Å². The van der Waals surface area contributed by atoms with Crippen LogP contribution in [-0.4, -0.2) is 38.1 Å². The second kappa shape index (κ2) is 6.86. The number of pyridine rings is 1. The van der Waals surface area contributed by atoms with E-state index < -0.39 is 23.1 Å². The third kappa shape index (κ3) is 3.82. The Hall–Kier alpha value is -2.97. The molecule has 0 aliphatic heterocycles. The van der Waals surface area contributed by atoms with Crippen molar-refractivity contribution in [1.29, 1.82) is 0 Å². The predicted octanol–water partition coefficient (Wildman–Crippen LogP) is -0.393. The number of fused-ring (bicyclic) bond motifs is 1. The summed E-state index contributed by atoms with van der Waals surface area (Å²) in [6.45, 7) is 0.320. The normalized spacial score (nSPS) is 10.7. The van der Waals surface area contributed by atoms with Crippen molar-refractivity contribution in [2.75, 3.05) is 6.54 Å². The minimum atomic E-state index is -0.876. The summed E-state index contributed by atoms with van der Waals surface area (Å²) in [4.78, 5) is 51.8. The van der Waals surface area contributed by atoms with Crippen molar-refractivity contribution < 1.29 is 14.7 Å². The number of amides is 1. The van der Waals surface area contributed by atoms with E-state index in [4.69, 9.17) is 5.11 Å². The summed E-state index contributed by atoms with van der Waals surface area (Å²) < 4.78 is 1.15. The molecule has 122 valence electrons. The van der Waals surface area contributed by atoms with E-state index in [1.165, 1.54) is 19.2 Å². The average molecular weight is 320 g/mol. The summed E-state index contributed by atoms with van der Waals surface area (Å²) in [6, 6.07) is 2.83. The predicted molar refractivity (Wildman–Crippen MR) is 81.4 cm³/mol. The number of carboxylic acids is 1. The van der Waals surface area contributed by atoms with Crippen molar-refractivity contribution >= 4 is 22.9 Å². The highest BCUT2D eigenvalue weighted by Gasteiger charge is 2.11. The van der Waals surface area contributed by atoms with Gasteiger partial charge in [0.25, 0.3) is 11.5 Å². The number of carbonyl (C=O) groups excluding carboxylic acids is 1. The summed E-state index contributed by atoms with van der Waals surface area (Å²) in [7, 11) is 1.45. The Morgan fingerprint density at radius 1 is 1.30 bits per heavy atom. The highest BCUT2D eigenvalue weighted by Crippen LogP contribution is 2.05. The van der Waals surface area contributed by atoms with Gasteiger partial charge in [-0.05, 0) is 25.0 Å². The lowest BCUT2D eigenvalue weighted by molar-refractivity contribution is -0.137. The molecular weight excluding hydrogens is 304 g/mol. The van der Waals surface area contributed by atoms with Gasteiger partial charge in [0.1, 0.15) is 11.3 Å².